The highest BCUT2D eigenvalue weighted by atomic mass is 35.5. The molecule has 0 radical (unpaired) electrons. The summed E-state index contributed by atoms with van der Waals surface area (Å²) in [6.07, 6.45) is 9.86. The third kappa shape index (κ3) is 6.36. The van der Waals surface area contributed by atoms with Gasteiger partial charge in [0.05, 0.1) is 18.0 Å². The average Bonchev–Trinajstić information content (AvgIpc) is 3.13. The fraction of sp³-hybridized carbons (Fsp3) is 0.520. The van der Waals surface area contributed by atoms with Crippen LogP contribution < -0.4 is 10.6 Å². The number of aliphatic hydroxyl groups excluding tert-OH is 1. The van der Waals surface area contributed by atoms with Crippen molar-refractivity contribution in [3.8, 4) is 0 Å². The molecule has 0 unspecified atom stereocenters. The zero-order valence-electron chi connectivity index (χ0n) is 19.4. The van der Waals surface area contributed by atoms with Gasteiger partial charge in [-0.25, -0.2) is 13.9 Å². The van der Waals surface area contributed by atoms with Crippen molar-refractivity contribution < 1.29 is 9.50 Å². The van der Waals surface area contributed by atoms with Gasteiger partial charge in [-0.3, -0.25) is 0 Å². The molecule has 3 aromatic rings. The molecule has 6 nitrogen and oxygen atoms in total. The number of nitrogens with one attached hydrogen (secondary N) is 2. The Morgan fingerprint density at radius 1 is 1.15 bits per heavy atom. The number of rotatable bonds is 9. The van der Waals surface area contributed by atoms with Crippen molar-refractivity contribution in [3.05, 3.63) is 48.0 Å². The lowest BCUT2D eigenvalue weighted by molar-refractivity contribution is 0.121. The highest BCUT2D eigenvalue weighted by Crippen LogP contribution is 2.37. The maximum Gasteiger partial charge on any atom is 0.241 e. The largest absolute Gasteiger partial charge is 0.393 e. The van der Waals surface area contributed by atoms with Crippen LogP contribution in [-0.2, 0) is 0 Å². The minimum atomic E-state index is -0.258. The molecule has 0 saturated heterocycles. The van der Waals surface area contributed by atoms with Crippen LogP contribution in [-0.4, -0.2) is 31.9 Å². The SMILES string of the molecule is CCCCC[C@H](C)Nc1ncc2c(Nc3ccc(F)cc3)cc(C3CCC(O)CC3)n2n1.Cl. The second kappa shape index (κ2) is 11.7. The van der Waals surface area contributed by atoms with Crippen molar-refractivity contribution in [2.45, 2.75) is 83.3 Å². The van der Waals surface area contributed by atoms with Gasteiger partial charge >= 0.3 is 0 Å². The number of benzene rings is 1. The molecule has 4 rings (SSSR count). The molecular formula is C25H35ClFN5O. The van der Waals surface area contributed by atoms with Crippen molar-refractivity contribution in [3.63, 3.8) is 0 Å². The molecule has 3 N–H and O–H groups in total. The molecule has 1 aromatic carbocycles. The second-order valence-electron chi connectivity index (χ2n) is 9.04. The molecular weight excluding hydrogens is 441 g/mol. The lowest BCUT2D eigenvalue weighted by Gasteiger charge is -2.25. The van der Waals surface area contributed by atoms with Crippen LogP contribution in [0.3, 0.4) is 0 Å². The molecule has 0 spiro atoms. The number of anilines is 3. The quantitative estimate of drug-likeness (QED) is 0.311. The summed E-state index contributed by atoms with van der Waals surface area (Å²) in [4.78, 5) is 4.58. The van der Waals surface area contributed by atoms with E-state index in [2.05, 4.69) is 35.5 Å². The van der Waals surface area contributed by atoms with Crippen molar-refractivity contribution in [1.29, 1.82) is 0 Å². The van der Waals surface area contributed by atoms with Gasteiger partial charge in [-0.2, -0.15) is 0 Å². The molecule has 1 saturated carbocycles. The van der Waals surface area contributed by atoms with E-state index in [0.717, 1.165) is 54.7 Å². The van der Waals surface area contributed by atoms with E-state index in [1.807, 2.05) is 10.7 Å². The second-order valence-corrected chi connectivity index (χ2v) is 9.04. The Bertz CT molecular complexity index is 1020. The number of hydrogen-bond donors (Lipinski definition) is 3. The number of aliphatic hydroxyl groups is 1. The molecule has 0 aliphatic heterocycles. The monoisotopic (exact) mass is 475 g/mol. The molecule has 33 heavy (non-hydrogen) atoms. The van der Waals surface area contributed by atoms with Gasteiger partial charge in [0.1, 0.15) is 11.3 Å². The first-order valence-electron chi connectivity index (χ1n) is 11.9. The Balaban J connectivity index is 0.00000306. The Morgan fingerprint density at radius 3 is 2.58 bits per heavy atom. The van der Waals surface area contributed by atoms with Gasteiger partial charge in [-0.1, -0.05) is 26.2 Å². The predicted molar refractivity (Wildman–Crippen MR) is 134 cm³/mol. The smallest absolute Gasteiger partial charge is 0.241 e. The van der Waals surface area contributed by atoms with Gasteiger partial charge < -0.3 is 15.7 Å². The van der Waals surface area contributed by atoms with Gasteiger partial charge in [0.15, 0.2) is 0 Å². The van der Waals surface area contributed by atoms with Crippen LogP contribution in [0.4, 0.5) is 21.7 Å². The molecule has 8 heteroatoms. The minimum Gasteiger partial charge on any atom is -0.393 e. The van der Waals surface area contributed by atoms with Crippen molar-refractivity contribution >= 4 is 35.2 Å². The molecule has 1 fully saturated rings. The fourth-order valence-electron chi connectivity index (χ4n) is 4.53. The van der Waals surface area contributed by atoms with E-state index in [1.54, 1.807) is 12.1 Å². The van der Waals surface area contributed by atoms with Gasteiger partial charge in [0.25, 0.3) is 0 Å². The lowest BCUT2D eigenvalue weighted by atomic mass is 9.85. The zero-order chi connectivity index (χ0) is 22.5. The Labute approximate surface area is 201 Å². The van der Waals surface area contributed by atoms with E-state index in [-0.39, 0.29) is 24.3 Å². The number of aromatic nitrogens is 3. The topological polar surface area (TPSA) is 74.5 Å². The molecule has 2 heterocycles. The first-order valence-corrected chi connectivity index (χ1v) is 11.9. The van der Waals surface area contributed by atoms with Gasteiger partial charge in [0.2, 0.25) is 5.95 Å². The molecule has 180 valence electrons. The summed E-state index contributed by atoms with van der Waals surface area (Å²) in [7, 11) is 0. The predicted octanol–water partition coefficient (Wildman–Crippen LogP) is 6.43. The number of unbranched alkanes of at least 4 members (excludes halogenated alkanes) is 2. The van der Waals surface area contributed by atoms with Crippen molar-refractivity contribution in [2.75, 3.05) is 10.6 Å². The first kappa shape index (κ1) is 25.2. The zero-order valence-corrected chi connectivity index (χ0v) is 20.2. The van der Waals surface area contributed by atoms with Crippen LogP contribution in [0.5, 0.6) is 0 Å². The fourth-order valence-corrected chi connectivity index (χ4v) is 4.53. The van der Waals surface area contributed by atoms with E-state index in [4.69, 9.17) is 5.10 Å². The van der Waals surface area contributed by atoms with Crippen LogP contribution in [0.1, 0.15) is 76.8 Å². The molecule has 0 bridgehead atoms. The van der Waals surface area contributed by atoms with Crippen LogP contribution in [0.15, 0.2) is 36.5 Å². The lowest BCUT2D eigenvalue weighted by Crippen LogP contribution is -2.20. The minimum absolute atomic E-state index is 0. The molecule has 2 aromatic heterocycles. The molecule has 1 aliphatic carbocycles. The Hall–Kier alpha value is -2.38. The van der Waals surface area contributed by atoms with Crippen molar-refractivity contribution in [2.24, 2.45) is 0 Å². The highest BCUT2D eigenvalue weighted by molar-refractivity contribution is 5.85. The van der Waals surface area contributed by atoms with Crippen molar-refractivity contribution in [1.82, 2.24) is 14.6 Å². The average molecular weight is 476 g/mol. The van der Waals surface area contributed by atoms with Gasteiger partial charge in [0, 0.05) is 23.3 Å². The number of fused-ring (bicyclic) bond motifs is 1. The molecule has 1 aliphatic rings. The normalized spacial score (nSPS) is 19.2. The number of nitrogens with zero attached hydrogens (tertiary/aromatic N) is 3. The molecule has 1 atom stereocenters. The van der Waals surface area contributed by atoms with E-state index < -0.39 is 0 Å². The summed E-state index contributed by atoms with van der Waals surface area (Å²) < 4.78 is 15.3. The van der Waals surface area contributed by atoms with E-state index in [9.17, 15) is 9.50 Å². The molecule has 0 amide bonds. The van der Waals surface area contributed by atoms with Gasteiger partial charge in [-0.05, 0) is 69.4 Å². The van der Waals surface area contributed by atoms with E-state index in [1.165, 1.54) is 31.4 Å². The van der Waals surface area contributed by atoms with Crippen LogP contribution in [0.25, 0.3) is 5.52 Å². The summed E-state index contributed by atoms with van der Waals surface area (Å²) >= 11 is 0. The third-order valence-electron chi connectivity index (χ3n) is 6.40. The summed E-state index contributed by atoms with van der Waals surface area (Å²) in [5, 5.41) is 21.7. The van der Waals surface area contributed by atoms with E-state index >= 15 is 0 Å². The van der Waals surface area contributed by atoms with Crippen LogP contribution in [0.2, 0.25) is 0 Å². The highest BCUT2D eigenvalue weighted by Gasteiger charge is 2.25. The Morgan fingerprint density at radius 2 is 1.88 bits per heavy atom. The third-order valence-corrected chi connectivity index (χ3v) is 6.40. The Kier molecular flexibility index (Phi) is 8.92. The van der Waals surface area contributed by atoms with Crippen LogP contribution in [0, 0.1) is 5.82 Å². The number of hydrogen-bond acceptors (Lipinski definition) is 5. The van der Waals surface area contributed by atoms with Crippen LogP contribution >= 0.6 is 12.4 Å². The first-order chi connectivity index (χ1) is 15.5. The summed E-state index contributed by atoms with van der Waals surface area (Å²) in [6.45, 7) is 4.38. The van der Waals surface area contributed by atoms with E-state index in [0.29, 0.717) is 17.9 Å². The maximum atomic E-state index is 13.3. The summed E-state index contributed by atoms with van der Waals surface area (Å²) in [6, 6.07) is 8.78. The standard InChI is InChI=1S/C25H34FN5O.ClH/c1-3-4-5-6-17(2)28-25-27-16-24-22(29-20-11-9-19(26)10-12-20)15-23(31(24)30-25)18-7-13-21(32)14-8-18;/h9-12,15-18,21,29,32H,3-8,13-14H2,1-2H3,(H,28,30);1H/t17-,18?,21?;/m0./s1. The maximum absolute atomic E-state index is 13.3. The van der Waals surface area contributed by atoms with Gasteiger partial charge in [-0.15, -0.1) is 17.5 Å². The number of halogens is 2. The summed E-state index contributed by atoms with van der Waals surface area (Å²) in [5.74, 6) is 0.702. The summed E-state index contributed by atoms with van der Waals surface area (Å²) in [5.41, 5.74) is 3.73.